The first kappa shape index (κ1) is 19.7. The molecule has 2 aromatic rings. The van der Waals surface area contributed by atoms with E-state index in [9.17, 15) is 14.4 Å². The number of fused-ring (bicyclic) bond motifs is 1. The van der Waals surface area contributed by atoms with Crippen LogP contribution in [0.25, 0.3) is 0 Å². The summed E-state index contributed by atoms with van der Waals surface area (Å²) < 4.78 is 4.65. The summed E-state index contributed by atoms with van der Waals surface area (Å²) in [4.78, 5) is 43.4. The minimum absolute atomic E-state index is 0.0834. The minimum Gasteiger partial charge on any atom is -0.459 e. The Morgan fingerprint density at radius 2 is 2.19 bits per heavy atom. The molecule has 0 unspecified atom stereocenters. The maximum absolute atomic E-state index is 12.3. The van der Waals surface area contributed by atoms with Crippen molar-refractivity contribution in [2.24, 2.45) is 0 Å². The van der Waals surface area contributed by atoms with Crippen LogP contribution < -0.4 is 10.6 Å². The van der Waals surface area contributed by atoms with Gasteiger partial charge >= 0.3 is 11.9 Å². The molecule has 8 nitrogen and oxygen atoms in total. The number of amides is 2. The van der Waals surface area contributed by atoms with Crippen LogP contribution in [-0.2, 0) is 27.2 Å². The highest BCUT2D eigenvalue weighted by molar-refractivity contribution is 7.16. The Morgan fingerprint density at radius 1 is 1.41 bits per heavy atom. The van der Waals surface area contributed by atoms with Crippen LogP contribution in [-0.4, -0.2) is 40.4 Å². The van der Waals surface area contributed by atoms with E-state index in [0.29, 0.717) is 30.1 Å². The number of thiazole rings is 1. The molecule has 0 saturated carbocycles. The Labute approximate surface area is 168 Å². The number of aryl methyl sites for hydroxylation is 1. The summed E-state index contributed by atoms with van der Waals surface area (Å²) in [5, 5.41) is 6.23. The SMILES string of the molecule is CCOC(=O)C(=O)Nc1nc2c(s1)C[C@@H](NC(=O)c1cc(Cl)c(Cl)[nH]1)CC2. The third-order valence-corrected chi connectivity index (χ3v) is 5.65. The quantitative estimate of drug-likeness (QED) is 0.509. The van der Waals surface area contributed by atoms with Crippen LogP contribution in [0.3, 0.4) is 0 Å². The zero-order valence-electron chi connectivity index (χ0n) is 14.2. The van der Waals surface area contributed by atoms with Crippen LogP contribution in [0.15, 0.2) is 6.07 Å². The highest BCUT2D eigenvalue weighted by Gasteiger charge is 2.26. The second-order valence-corrected chi connectivity index (χ2v) is 7.69. The molecule has 1 aliphatic rings. The number of rotatable bonds is 4. The number of carbonyl (C=O) groups is 3. The number of carbonyl (C=O) groups excluding carboxylic acids is 3. The van der Waals surface area contributed by atoms with Gasteiger partial charge < -0.3 is 15.0 Å². The zero-order chi connectivity index (χ0) is 19.6. The number of ether oxygens (including phenoxy) is 1. The molecule has 3 rings (SSSR count). The third kappa shape index (κ3) is 4.60. The van der Waals surface area contributed by atoms with Crippen LogP contribution in [0, 0.1) is 0 Å². The number of anilines is 1. The molecule has 144 valence electrons. The number of nitrogens with one attached hydrogen (secondary N) is 3. The van der Waals surface area contributed by atoms with E-state index in [2.05, 4.69) is 25.3 Å². The summed E-state index contributed by atoms with van der Waals surface area (Å²) in [6.07, 6.45) is 1.93. The number of halogens is 2. The van der Waals surface area contributed by atoms with Crippen molar-refractivity contribution in [1.29, 1.82) is 0 Å². The van der Waals surface area contributed by atoms with Crippen LogP contribution in [0.1, 0.15) is 34.4 Å². The van der Waals surface area contributed by atoms with Gasteiger partial charge in [0.15, 0.2) is 5.13 Å². The molecule has 1 atom stereocenters. The number of hydrogen-bond acceptors (Lipinski definition) is 6. The van der Waals surface area contributed by atoms with Gasteiger partial charge in [-0.1, -0.05) is 23.2 Å². The number of aromatic nitrogens is 2. The molecule has 27 heavy (non-hydrogen) atoms. The topological polar surface area (TPSA) is 113 Å². The Kier molecular flexibility index (Phi) is 6.03. The Bertz CT molecular complexity index is 876. The Hall–Kier alpha value is -2.10. The van der Waals surface area contributed by atoms with Crippen LogP contribution in [0.2, 0.25) is 10.2 Å². The Morgan fingerprint density at radius 3 is 2.85 bits per heavy atom. The first-order valence-electron chi connectivity index (χ1n) is 8.19. The fourth-order valence-corrected chi connectivity index (χ4v) is 4.08. The minimum atomic E-state index is -0.945. The van der Waals surface area contributed by atoms with Gasteiger partial charge in [0.1, 0.15) is 10.8 Å². The fourth-order valence-electron chi connectivity index (χ4n) is 2.69. The van der Waals surface area contributed by atoms with E-state index in [1.54, 1.807) is 6.92 Å². The van der Waals surface area contributed by atoms with E-state index >= 15 is 0 Å². The second-order valence-electron chi connectivity index (χ2n) is 5.82. The lowest BCUT2D eigenvalue weighted by molar-refractivity contribution is -0.152. The van der Waals surface area contributed by atoms with Gasteiger partial charge in [-0.25, -0.2) is 9.78 Å². The molecular formula is C16H16Cl2N4O4S. The van der Waals surface area contributed by atoms with E-state index in [1.807, 2.05) is 0 Å². The summed E-state index contributed by atoms with van der Waals surface area (Å²) in [5.74, 6) is -2.09. The molecule has 0 aromatic carbocycles. The van der Waals surface area contributed by atoms with Crippen molar-refractivity contribution >= 4 is 57.5 Å². The molecule has 3 N–H and O–H groups in total. The first-order chi connectivity index (χ1) is 12.9. The molecule has 0 bridgehead atoms. The normalized spacial score (nSPS) is 15.7. The molecule has 11 heteroatoms. The third-order valence-electron chi connectivity index (χ3n) is 3.93. The van der Waals surface area contributed by atoms with Crippen molar-refractivity contribution in [1.82, 2.24) is 15.3 Å². The summed E-state index contributed by atoms with van der Waals surface area (Å²) >= 11 is 13.0. The highest BCUT2D eigenvalue weighted by atomic mass is 35.5. The molecule has 1 aliphatic carbocycles. The van der Waals surface area contributed by atoms with Gasteiger partial charge in [-0.3, -0.25) is 14.9 Å². The standard InChI is InChI=1S/C16H16Cl2N4O4S/c1-2-26-15(25)14(24)22-16-21-9-4-3-7(5-11(9)27-16)19-13(23)10-6-8(17)12(18)20-10/h6-7,20H,2-5H2,1H3,(H,19,23)(H,21,22,24)/t7-/m0/s1. The van der Waals surface area contributed by atoms with E-state index in [4.69, 9.17) is 23.2 Å². The van der Waals surface area contributed by atoms with Gasteiger partial charge in [-0.2, -0.15) is 0 Å². The largest absolute Gasteiger partial charge is 0.459 e. The van der Waals surface area contributed by atoms with Crippen molar-refractivity contribution < 1.29 is 19.1 Å². The lowest BCUT2D eigenvalue weighted by atomic mass is 9.97. The van der Waals surface area contributed by atoms with Gasteiger partial charge in [0.2, 0.25) is 0 Å². The van der Waals surface area contributed by atoms with Gasteiger partial charge in [-0.15, -0.1) is 11.3 Å². The summed E-state index contributed by atoms with van der Waals surface area (Å²) in [7, 11) is 0. The van der Waals surface area contributed by atoms with E-state index in [-0.39, 0.29) is 28.7 Å². The van der Waals surface area contributed by atoms with Gasteiger partial charge in [0, 0.05) is 17.3 Å². The van der Waals surface area contributed by atoms with Crippen LogP contribution >= 0.6 is 34.5 Å². The number of hydrogen-bond donors (Lipinski definition) is 3. The summed E-state index contributed by atoms with van der Waals surface area (Å²) in [6.45, 7) is 1.75. The molecule has 2 aromatic heterocycles. The van der Waals surface area contributed by atoms with Crippen molar-refractivity contribution in [3.05, 3.63) is 32.5 Å². The predicted octanol–water partition coefficient (Wildman–Crippen LogP) is 2.57. The molecular weight excluding hydrogens is 415 g/mol. The Balaban J connectivity index is 1.61. The molecule has 2 heterocycles. The van der Waals surface area contributed by atoms with E-state index < -0.39 is 11.9 Å². The average Bonchev–Trinajstić information content (AvgIpc) is 3.17. The second kappa shape index (κ2) is 8.28. The molecule has 0 radical (unpaired) electrons. The van der Waals surface area contributed by atoms with Crippen LogP contribution in [0.4, 0.5) is 5.13 Å². The van der Waals surface area contributed by atoms with Crippen molar-refractivity contribution in [3.63, 3.8) is 0 Å². The van der Waals surface area contributed by atoms with Gasteiger partial charge in [0.05, 0.1) is 17.3 Å². The first-order valence-corrected chi connectivity index (χ1v) is 9.76. The smallest absolute Gasteiger partial charge is 0.397 e. The molecule has 0 fully saturated rings. The van der Waals surface area contributed by atoms with Crippen LogP contribution in [0.5, 0.6) is 0 Å². The zero-order valence-corrected chi connectivity index (χ0v) is 16.6. The molecule has 2 amide bonds. The molecule has 0 aliphatic heterocycles. The lowest BCUT2D eigenvalue weighted by Gasteiger charge is -2.22. The number of esters is 1. The number of aromatic amines is 1. The molecule has 0 saturated heterocycles. The van der Waals surface area contributed by atoms with Crippen molar-refractivity contribution in [2.45, 2.75) is 32.2 Å². The summed E-state index contributed by atoms with van der Waals surface area (Å²) in [5.41, 5.74) is 1.15. The predicted molar refractivity (Wildman–Crippen MR) is 101 cm³/mol. The van der Waals surface area contributed by atoms with Gasteiger partial charge in [-0.05, 0) is 25.8 Å². The maximum atomic E-state index is 12.3. The molecule has 0 spiro atoms. The van der Waals surface area contributed by atoms with E-state index in [1.165, 1.54) is 17.4 Å². The average molecular weight is 431 g/mol. The number of nitrogens with zero attached hydrogens (tertiary/aromatic N) is 1. The van der Waals surface area contributed by atoms with Crippen molar-refractivity contribution in [3.8, 4) is 0 Å². The summed E-state index contributed by atoms with van der Waals surface area (Å²) in [6, 6.07) is 1.39. The maximum Gasteiger partial charge on any atom is 0.397 e. The number of H-pyrrole nitrogens is 1. The van der Waals surface area contributed by atoms with Gasteiger partial charge in [0.25, 0.3) is 5.91 Å². The van der Waals surface area contributed by atoms with Crippen molar-refractivity contribution in [2.75, 3.05) is 11.9 Å². The van der Waals surface area contributed by atoms with E-state index in [0.717, 1.165) is 10.6 Å². The fraction of sp³-hybridized carbons (Fsp3) is 0.375. The highest BCUT2D eigenvalue weighted by Crippen LogP contribution is 2.30. The monoisotopic (exact) mass is 430 g/mol. The lowest BCUT2D eigenvalue weighted by Crippen LogP contribution is -2.38.